The fraction of sp³-hybridized carbons (Fsp3) is 0.154. The lowest BCUT2D eigenvalue weighted by atomic mass is 10.1. The van der Waals surface area contributed by atoms with Gasteiger partial charge in [0, 0.05) is 17.1 Å². The number of rotatable bonds is 5. The number of nitrogens with one attached hydrogen (secondary N) is 1. The van der Waals surface area contributed by atoms with Gasteiger partial charge in [-0.2, -0.15) is 0 Å². The molecule has 0 saturated carbocycles. The van der Waals surface area contributed by atoms with Crippen LogP contribution in [-0.4, -0.2) is 41.7 Å². The predicted octanol–water partition coefficient (Wildman–Crippen LogP) is 3.72. The second-order valence-electron chi connectivity index (χ2n) is 7.83. The molecule has 0 bridgehead atoms. The Morgan fingerprint density at radius 1 is 1.03 bits per heavy atom. The molecule has 1 aliphatic rings. The lowest BCUT2D eigenvalue weighted by molar-refractivity contribution is -0.122. The molecule has 3 aromatic rings. The standard InChI is InChI=1S/C26H23N3O5S/c1-15-12-18(16(2)28(15)19-9-7-8-17(13-19)25(32)34-4)14-20-23(30)27-26(35)29(24(20)31)21-10-5-6-11-22(21)33-3/h5-14H,1-4H3,(H,27,30,35)/b20-14+. The lowest BCUT2D eigenvalue weighted by Gasteiger charge is -2.29. The lowest BCUT2D eigenvalue weighted by Crippen LogP contribution is -2.54. The molecule has 4 rings (SSSR count). The van der Waals surface area contributed by atoms with E-state index in [2.05, 4.69) is 5.32 Å². The summed E-state index contributed by atoms with van der Waals surface area (Å²) in [6.45, 7) is 3.77. The first-order valence-electron chi connectivity index (χ1n) is 10.7. The number of hydrogen-bond donors (Lipinski definition) is 1. The van der Waals surface area contributed by atoms with Crippen molar-refractivity contribution in [3.8, 4) is 11.4 Å². The molecule has 0 radical (unpaired) electrons. The molecule has 0 spiro atoms. The minimum atomic E-state index is -0.580. The Kier molecular flexibility index (Phi) is 6.52. The number of para-hydroxylation sites is 2. The van der Waals surface area contributed by atoms with E-state index in [9.17, 15) is 14.4 Å². The maximum atomic E-state index is 13.4. The molecule has 35 heavy (non-hydrogen) atoms. The van der Waals surface area contributed by atoms with E-state index in [0.717, 1.165) is 17.1 Å². The fourth-order valence-corrected chi connectivity index (χ4v) is 4.34. The van der Waals surface area contributed by atoms with E-state index in [1.165, 1.54) is 19.1 Å². The third kappa shape index (κ3) is 4.33. The van der Waals surface area contributed by atoms with Gasteiger partial charge in [0.15, 0.2) is 5.11 Å². The first kappa shape index (κ1) is 23.9. The zero-order valence-electron chi connectivity index (χ0n) is 19.6. The molecule has 1 aliphatic heterocycles. The average molecular weight is 490 g/mol. The van der Waals surface area contributed by atoms with Gasteiger partial charge in [-0.25, -0.2) is 9.69 Å². The number of methoxy groups -OCH3 is 2. The van der Waals surface area contributed by atoms with Crippen molar-refractivity contribution in [1.82, 2.24) is 9.88 Å². The van der Waals surface area contributed by atoms with Crippen LogP contribution in [0.1, 0.15) is 27.3 Å². The van der Waals surface area contributed by atoms with Crippen molar-refractivity contribution < 1.29 is 23.9 Å². The Hall–Kier alpha value is -4.24. The fourth-order valence-electron chi connectivity index (χ4n) is 4.07. The van der Waals surface area contributed by atoms with E-state index in [1.807, 2.05) is 30.5 Å². The van der Waals surface area contributed by atoms with Crippen molar-refractivity contribution in [2.24, 2.45) is 0 Å². The van der Waals surface area contributed by atoms with Crippen LogP contribution in [0.5, 0.6) is 5.75 Å². The number of carbonyl (C=O) groups excluding carboxylic acids is 3. The van der Waals surface area contributed by atoms with Crippen molar-refractivity contribution >= 4 is 46.9 Å². The van der Waals surface area contributed by atoms with E-state index in [4.69, 9.17) is 21.7 Å². The van der Waals surface area contributed by atoms with Gasteiger partial charge in [-0.1, -0.05) is 18.2 Å². The van der Waals surface area contributed by atoms with Gasteiger partial charge in [0.2, 0.25) is 0 Å². The Balaban J connectivity index is 1.77. The zero-order valence-corrected chi connectivity index (χ0v) is 20.4. The Bertz CT molecular complexity index is 1410. The number of aryl methyl sites for hydroxylation is 1. The molecule has 2 heterocycles. The maximum Gasteiger partial charge on any atom is 0.337 e. The number of anilines is 1. The Labute approximate surface area is 207 Å². The van der Waals surface area contributed by atoms with Gasteiger partial charge in [0.1, 0.15) is 11.3 Å². The molecule has 8 nitrogen and oxygen atoms in total. The van der Waals surface area contributed by atoms with Gasteiger partial charge in [0.25, 0.3) is 11.8 Å². The van der Waals surface area contributed by atoms with E-state index < -0.39 is 17.8 Å². The second-order valence-corrected chi connectivity index (χ2v) is 8.22. The predicted molar refractivity (Wildman–Crippen MR) is 136 cm³/mol. The molecule has 1 saturated heterocycles. The molecule has 1 N–H and O–H groups in total. The minimum absolute atomic E-state index is 0.0215. The van der Waals surface area contributed by atoms with E-state index in [0.29, 0.717) is 22.6 Å². The third-order valence-electron chi connectivity index (χ3n) is 5.72. The molecule has 2 amide bonds. The molecule has 1 fully saturated rings. The number of thiocarbonyl (C=S) groups is 1. The van der Waals surface area contributed by atoms with Gasteiger partial charge in [-0.05, 0) is 74.1 Å². The van der Waals surface area contributed by atoms with Crippen molar-refractivity contribution in [2.45, 2.75) is 13.8 Å². The summed E-state index contributed by atoms with van der Waals surface area (Å²) >= 11 is 5.29. The molecule has 0 atom stereocenters. The van der Waals surface area contributed by atoms with Gasteiger partial charge in [-0.15, -0.1) is 0 Å². The van der Waals surface area contributed by atoms with Crippen molar-refractivity contribution in [3.05, 3.63) is 82.7 Å². The molecule has 1 aromatic heterocycles. The van der Waals surface area contributed by atoms with Crippen LogP contribution in [0.25, 0.3) is 11.8 Å². The summed E-state index contributed by atoms with van der Waals surface area (Å²) < 4.78 is 12.1. The number of nitrogens with zero attached hydrogens (tertiary/aromatic N) is 2. The Morgan fingerprint density at radius 3 is 2.49 bits per heavy atom. The summed E-state index contributed by atoms with van der Waals surface area (Å²) in [6, 6.07) is 15.8. The van der Waals surface area contributed by atoms with Crippen LogP contribution in [0.15, 0.2) is 60.2 Å². The summed E-state index contributed by atoms with van der Waals surface area (Å²) in [6.07, 6.45) is 1.55. The smallest absolute Gasteiger partial charge is 0.337 e. The van der Waals surface area contributed by atoms with Crippen LogP contribution < -0.4 is 15.0 Å². The molecule has 0 aliphatic carbocycles. The number of aromatic nitrogens is 1. The highest BCUT2D eigenvalue weighted by molar-refractivity contribution is 7.80. The highest BCUT2D eigenvalue weighted by atomic mass is 32.1. The number of esters is 1. The molecule has 178 valence electrons. The zero-order chi connectivity index (χ0) is 25.3. The molecule has 2 aromatic carbocycles. The van der Waals surface area contributed by atoms with Crippen LogP contribution in [0.2, 0.25) is 0 Å². The summed E-state index contributed by atoms with van der Waals surface area (Å²) in [5, 5.41) is 2.57. The summed E-state index contributed by atoms with van der Waals surface area (Å²) in [7, 11) is 2.83. The first-order valence-corrected chi connectivity index (χ1v) is 11.1. The van der Waals surface area contributed by atoms with E-state index in [1.54, 1.807) is 48.5 Å². The SMILES string of the molecule is COC(=O)c1cccc(-n2c(C)cc(/C=C3\C(=O)NC(=S)N(c4ccccc4OC)C3=O)c2C)c1. The third-order valence-corrected chi connectivity index (χ3v) is 6.01. The number of amides is 2. The summed E-state index contributed by atoms with van der Waals surface area (Å²) in [5.74, 6) is -1.12. The maximum absolute atomic E-state index is 13.4. The number of carbonyl (C=O) groups is 3. The monoisotopic (exact) mass is 489 g/mol. The number of hydrogen-bond acceptors (Lipinski definition) is 6. The number of benzene rings is 2. The summed E-state index contributed by atoms with van der Waals surface area (Å²) in [4.78, 5) is 39.4. The van der Waals surface area contributed by atoms with Crippen LogP contribution in [0.3, 0.4) is 0 Å². The van der Waals surface area contributed by atoms with Crippen LogP contribution in [0.4, 0.5) is 5.69 Å². The van der Waals surface area contributed by atoms with Gasteiger partial charge >= 0.3 is 5.97 Å². The average Bonchev–Trinajstić information content (AvgIpc) is 3.13. The minimum Gasteiger partial charge on any atom is -0.495 e. The molecular weight excluding hydrogens is 466 g/mol. The summed E-state index contributed by atoms with van der Waals surface area (Å²) in [5.41, 5.74) is 3.86. The van der Waals surface area contributed by atoms with E-state index >= 15 is 0 Å². The van der Waals surface area contributed by atoms with Crippen LogP contribution in [0, 0.1) is 13.8 Å². The first-order chi connectivity index (χ1) is 16.8. The molecular formula is C26H23N3O5S. The van der Waals surface area contributed by atoms with Crippen molar-refractivity contribution in [1.29, 1.82) is 0 Å². The van der Waals surface area contributed by atoms with Gasteiger partial charge in [0.05, 0.1) is 25.5 Å². The van der Waals surface area contributed by atoms with Crippen LogP contribution in [-0.2, 0) is 14.3 Å². The molecule has 0 unspecified atom stereocenters. The van der Waals surface area contributed by atoms with Gasteiger partial charge in [-0.3, -0.25) is 14.9 Å². The highest BCUT2D eigenvalue weighted by Gasteiger charge is 2.36. The normalized spacial score (nSPS) is 14.8. The van der Waals surface area contributed by atoms with Crippen LogP contribution >= 0.6 is 12.2 Å². The van der Waals surface area contributed by atoms with Crippen molar-refractivity contribution in [3.63, 3.8) is 0 Å². The van der Waals surface area contributed by atoms with Gasteiger partial charge < -0.3 is 14.0 Å². The largest absolute Gasteiger partial charge is 0.495 e. The van der Waals surface area contributed by atoms with E-state index in [-0.39, 0.29) is 10.7 Å². The van der Waals surface area contributed by atoms with Crippen molar-refractivity contribution in [2.75, 3.05) is 19.1 Å². The highest BCUT2D eigenvalue weighted by Crippen LogP contribution is 2.31. The Morgan fingerprint density at radius 2 is 1.77 bits per heavy atom. The second kappa shape index (κ2) is 9.55. The topological polar surface area (TPSA) is 89.9 Å². The number of ether oxygens (including phenoxy) is 2. The quantitative estimate of drug-likeness (QED) is 0.254. The molecule has 9 heteroatoms.